The van der Waals surface area contributed by atoms with Crippen molar-refractivity contribution in [2.45, 2.75) is 39.7 Å². The van der Waals surface area contributed by atoms with Crippen LogP contribution in [0.1, 0.15) is 44.1 Å². The summed E-state index contributed by atoms with van der Waals surface area (Å²) in [5.74, 6) is 0.901. The van der Waals surface area contributed by atoms with E-state index in [4.69, 9.17) is 0 Å². The number of aryl methyl sites for hydroxylation is 1. The second-order valence-corrected chi connectivity index (χ2v) is 8.11. The van der Waals surface area contributed by atoms with Crippen LogP contribution in [0.3, 0.4) is 0 Å². The van der Waals surface area contributed by atoms with E-state index in [1.54, 1.807) is 0 Å². The number of H-pyrrole nitrogens is 1. The third kappa shape index (κ3) is 3.19. The first-order chi connectivity index (χ1) is 11.3. The Morgan fingerprint density at radius 3 is 2.67 bits per heavy atom. The summed E-state index contributed by atoms with van der Waals surface area (Å²) in [6.07, 6.45) is 2.76. The Morgan fingerprint density at radius 1 is 1.29 bits per heavy atom. The van der Waals surface area contributed by atoms with E-state index in [0.717, 1.165) is 28.8 Å². The van der Waals surface area contributed by atoms with Gasteiger partial charge in [0.05, 0.1) is 23.3 Å². The summed E-state index contributed by atoms with van der Waals surface area (Å²) >= 11 is 0. The summed E-state index contributed by atoms with van der Waals surface area (Å²) in [7, 11) is -3.76. The largest absolute Gasteiger partial charge is 0.493 e. The molecule has 8 heteroatoms. The maximum atomic E-state index is 12.3. The molecular weight excluding hydrogens is 328 g/mol. The molecule has 2 aromatic rings. The number of aromatic nitrogens is 2. The smallest absolute Gasteiger partial charge is 0.326 e. The summed E-state index contributed by atoms with van der Waals surface area (Å²) in [4.78, 5) is 7.55. The molecule has 1 atom stereocenters. The van der Waals surface area contributed by atoms with Crippen LogP contribution in [-0.4, -0.2) is 27.8 Å². The molecule has 0 bridgehead atoms. The molecule has 0 saturated carbocycles. The summed E-state index contributed by atoms with van der Waals surface area (Å²) in [6, 6.07) is 5.32. The lowest BCUT2D eigenvalue weighted by Gasteiger charge is -2.27. The maximum Gasteiger partial charge on any atom is 0.326 e. The first-order valence-electron chi connectivity index (χ1n) is 7.94. The van der Waals surface area contributed by atoms with E-state index in [1.165, 1.54) is 10.5 Å². The second-order valence-electron chi connectivity index (χ2n) is 6.54. The predicted octanol–water partition coefficient (Wildman–Crippen LogP) is 2.86. The molecule has 1 aliphatic rings. The van der Waals surface area contributed by atoms with Gasteiger partial charge < -0.3 is 10.1 Å². The van der Waals surface area contributed by atoms with Gasteiger partial charge in [0.25, 0.3) is 0 Å². The SMILES string of the molecule is Cc1nc2ccc(C(CCC(C)C)N3C=C(O)NS3(=O)=O)cc2[nH]1. The van der Waals surface area contributed by atoms with Crippen LogP contribution in [0.5, 0.6) is 0 Å². The number of imidazole rings is 1. The Balaban J connectivity index is 2.02. The van der Waals surface area contributed by atoms with E-state index in [9.17, 15) is 13.5 Å². The van der Waals surface area contributed by atoms with Crippen LogP contribution >= 0.6 is 0 Å². The van der Waals surface area contributed by atoms with Crippen LogP contribution in [0.2, 0.25) is 0 Å². The predicted molar refractivity (Wildman–Crippen MR) is 92.3 cm³/mol. The normalized spacial score (nSPS) is 18.0. The fraction of sp³-hybridized carbons (Fsp3) is 0.438. The Morgan fingerprint density at radius 2 is 2.04 bits per heavy atom. The molecule has 0 fully saturated rings. The van der Waals surface area contributed by atoms with Crippen LogP contribution in [0.25, 0.3) is 11.0 Å². The number of nitrogens with zero attached hydrogens (tertiary/aromatic N) is 2. The highest BCUT2D eigenvalue weighted by Gasteiger charge is 2.34. The van der Waals surface area contributed by atoms with Gasteiger partial charge in [0.1, 0.15) is 5.82 Å². The van der Waals surface area contributed by atoms with Crippen molar-refractivity contribution in [1.82, 2.24) is 19.0 Å². The maximum absolute atomic E-state index is 12.3. The van der Waals surface area contributed by atoms with Crippen LogP contribution in [0.15, 0.2) is 30.3 Å². The van der Waals surface area contributed by atoms with Crippen molar-refractivity contribution in [3.8, 4) is 0 Å². The molecule has 2 heterocycles. The van der Waals surface area contributed by atoms with Gasteiger partial charge >= 0.3 is 10.2 Å². The fourth-order valence-electron chi connectivity index (χ4n) is 2.95. The van der Waals surface area contributed by atoms with E-state index >= 15 is 0 Å². The highest BCUT2D eigenvalue weighted by molar-refractivity contribution is 7.87. The standard InChI is InChI=1S/C16H22N4O3S/c1-10(2)4-7-15(20-9-16(21)19-24(20,22)23)12-5-6-13-14(8-12)18-11(3)17-13/h5-6,8-10,15,19,21H,4,7H2,1-3H3,(H,17,18). The zero-order valence-electron chi connectivity index (χ0n) is 13.9. The van der Waals surface area contributed by atoms with Gasteiger partial charge in [-0.2, -0.15) is 8.42 Å². The van der Waals surface area contributed by atoms with Crippen LogP contribution < -0.4 is 4.72 Å². The highest BCUT2D eigenvalue weighted by Crippen LogP contribution is 2.33. The van der Waals surface area contributed by atoms with Gasteiger partial charge in [0, 0.05) is 0 Å². The number of fused-ring (bicyclic) bond motifs is 1. The number of aliphatic hydroxyl groups excluding tert-OH is 1. The van der Waals surface area contributed by atoms with Gasteiger partial charge in [0.15, 0.2) is 0 Å². The lowest BCUT2D eigenvalue weighted by Crippen LogP contribution is -2.33. The molecule has 130 valence electrons. The van der Waals surface area contributed by atoms with E-state index in [-0.39, 0.29) is 11.9 Å². The van der Waals surface area contributed by atoms with Crippen molar-refractivity contribution in [2.75, 3.05) is 0 Å². The van der Waals surface area contributed by atoms with Gasteiger partial charge in [-0.05, 0) is 43.4 Å². The molecule has 0 spiro atoms. The number of rotatable bonds is 5. The molecule has 0 radical (unpaired) electrons. The van der Waals surface area contributed by atoms with Gasteiger partial charge in [-0.1, -0.05) is 19.9 Å². The molecule has 1 aromatic heterocycles. The van der Waals surface area contributed by atoms with Crippen LogP contribution in [0.4, 0.5) is 0 Å². The Kier molecular flexibility index (Phi) is 4.16. The Hall–Kier alpha value is -2.22. The average Bonchev–Trinajstić information content (AvgIpc) is 2.96. The van der Waals surface area contributed by atoms with Crippen molar-refractivity contribution in [2.24, 2.45) is 5.92 Å². The summed E-state index contributed by atoms with van der Waals surface area (Å²) in [6.45, 7) is 6.08. The first-order valence-corrected chi connectivity index (χ1v) is 9.38. The number of nitrogens with one attached hydrogen (secondary N) is 2. The molecule has 1 unspecified atom stereocenters. The molecule has 0 aliphatic carbocycles. The zero-order valence-corrected chi connectivity index (χ0v) is 14.8. The van der Waals surface area contributed by atoms with E-state index in [1.807, 2.05) is 25.1 Å². The Labute approximate surface area is 141 Å². The van der Waals surface area contributed by atoms with Gasteiger partial charge in [0.2, 0.25) is 5.88 Å². The molecule has 3 N–H and O–H groups in total. The molecule has 24 heavy (non-hydrogen) atoms. The van der Waals surface area contributed by atoms with Crippen molar-refractivity contribution >= 4 is 21.2 Å². The van der Waals surface area contributed by atoms with Crippen molar-refractivity contribution in [3.63, 3.8) is 0 Å². The number of benzene rings is 1. The van der Waals surface area contributed by atoms with Crippen LogP contribution in [0, 0.1) is 12.8 Å². The molecule has 0 amide bonds. The van der Waals surface area contributed by atoms with E-state index in [2.05, 4.69) is 28.5 Å². The lowest BCUT2D eigenvalue weighted by atomic mass is 9.97. The topological polar surface area (TPSA) is 98.3 Å². The average molecular weight is 350 g/mol. The van der Waals surface area contributed by atoms with Gasteiger partial charge in [-0.25, -0.2) is 14.0 Å². The molecule has 7 nitrogen and oxygen atoms in total. The highest BCUT2D eigenvalue weighted by atomic mass is 32.2. The zero-order chi connectivity index (χ0) is 17.5. The van der Waals surface area contributed by atoms with E-state index < -0.39 is 10.2 Å². The Bertz CT molecular complexity index is 886. The number of aliphatic hydroxyl groups is 1. The van der Waals surface area contributed by atoms with Crippen LogP contribution in [-0.2, 0) is 10.2 Å². The van der Waals surface area contributed by atoms with Gasteiger partial charge in [-0.15, -0.1) is 0 Å². The van der Waals surface area contributed by atoms with Crippen molar-refractivity contribution in [3.05, 3.63) is 41.7 Å². The third-order valence-electron chi connectivity index (χ3n) is 4.09. The monoisotopic (exact) mass is 350 g/mol. The molecule has 3 rings (SSSR count). The molecule has 1 aromatic carbocycles. The van der Waals surface area contributed by atoms with Gasteiger partial charge in [-0.3, -0.25) is 0 Å². The lowest BCUT2D eigenvalue weighted by molar-refractivity contribution is 0.355. The number of hydrogen-bond donors (Lipinski definition) is 3. The quantitative estimate of drug-likeness (QED) is 0.772. The number of hydrogen-bond acceptors (Lipinski definition) is 4. The molecule has 1 aliphatic heterocycles. The minimum absolute atomic E-state index is 0.358. The second kappa shape index (κ2) is 6.01. The summed E-state index contributed by atoms with van der Waals surface area (Å²) < 4.78 is 27.9. The molecular formula is C16H22N4O3S. The van der Waals surface area contributed by atoms with Crippen molar-refractivity contribution in [1.29, 1.82) is 0 Å². The third-order valence-corrected chi connectivity index (χ3v) is 5.48. The summed E-state index contributed by atoms with van der Waals surface area (Å²) in [5, 5.41) is 9.60. The van der Waals surface area contributed by atoms with Crippen molar-refractivity contribution < 1.29 is 13.5 Å². The minimum atomic E-state index is -3.76. The summed E-state index contributed by atoms with van der Waals surface area (Å²) in [5.41, 5.74) is 2.58. The minimum Gasteiger partial charge on any atom is -0.493 e. The fourth-order valence-corrected chi connectivity index (χ4v) is 4.18. The van der Waals surface area contributed by atoms with E-state index in [0.29, 0.717) is 12.3 Å². The first kappa shape index (κ1) is 16.6. The number of aromatic amines is 1. The molecule has 0 saturated heterocycles.